The summed E-state index contributed by atoms with van der Waals surface area (Å²) in [5, 5.41) is 0. The van der Waals surface area contributed by atoms with Crippen LogP contribution in [0.4, 0.5) is 5.69 Å². The van der Waals surface area contributed by atoms with E-state index in [9.17, 15) is 0 Å². The minimum atomic E-state index is 0.395. The molecule has 1 atom stereocenters. The van der Waals surface area contributed by atoms with Gasteiger partial charge in [0.05, 0.1) is 11.9 Å². The summed E-state index contributed by atoms with van der Waals surface area (Å²) >= 11 is 0. The predicted molar refractivity (Wildman–Crippen MR) is 73.6 cm³/mol. The van der Waals surface area contributed by atoms with Crippen LogP contribution in [0.25, 0.3) is 0 Å². The third-order valence-corrected chi connectivity index (χ3v) is 4.53. The second kappa shape index (κ2) is 4.29. The fourth-order valence-corrected chi connectivity index (χ4v) is 3.35. The smallest absolute Gasteiger partial charge is 0.0565 e. The van der Waals surface area contributed by atoms with Gasteiger partial charge in [0.1, 0.15) is 0 Å². The van der Waals surface area contributed by atoms with Gasteiger partial charge in [0, 0.05) is 30.4 Å². The van der Waals surface area contributed by atoms with Crippen LogP contribution in [-0.4, -0.2) is 42.1 Å². The fourth-order valence-electron chi connectivity index (χ4n) is 3.35. The number of hydrogen-bond acceptors (Lipinski definition) is 3. The van der Waals surface area contributed by atoms with Crippen LogP contribution in [0.3, 0.4) is 0 Å². The molecule has 2 aliphatic rings. The second-order valence-electron chi connectivity index (χ2n) is 5.50. The lowest BCUT2D eigenvalue weighted by molar-refractivity contribution is 0.198. The van der Waals surface area contributed by atoms with E-state index >= 15 is 0 Å². The minimum Gasteiger partial charge on any atom is -0.368 e. The van der Waals surface area contributed by atoms with Gasteiger partial charge in [-0.3, -0.25) is 9.88 Å². The summed E-state index contributed by atoms with van der Waals surface area (Å²) in [4.78, 5) is 9.20. The van der Waals surface area contributed by atoms with Gasteiger partial charge in [-0.1, -0.05) is 5.92 Å². The van der Waals surface area contributed by atoms with Crippen LogP contribution >= 0.6 is 0 Å². The monoisotopic (exact) mass is 241 g/mol. The van der Waals surface area contributed by atoms with E-state index in [1.165, 1.54) is 31.5 Å². The maximum atomic E-state index is 5.44. The lowest BCUT2D eigenvalue weighted by Crippen LogP contribution is -2.43. The Hall–Kier alpha value is -1.53. The first-order chi connectivity index (χ1) is 8.73. The average Bonchev–Trinajstić information content (AvgIpc) is 2.99. The molecule has 2 saturated heterocycles. The quantitative estimate of drug-likeness (QED) is 0.698. The summed E-state index contributed by atoms with van der Waals surface area (Å²) in [6, 6.07) is 2.07. The van der Waals surface area contributed by atoms with Gasteiger partial charge >= 0.3 is 0 Å². The first-order valence-electron chi connectivity index (χ1n) is 6.61. The molecule has 0 N–H and O–H groups in total. The Kier molecular flexibility index (Phi) is 2.76. The normalized spacial score (nSPS) is 27.9. The molecule has 0 amide bonds. The van der Waals surface area contributed by atoms with Gasteiger partial charge in [-0.2, -0.15) is 0 Å². The van der Waals surface area contributed by atoms with Gasteiger partial charge < -0.3 is 4.90 Å². The highest BCUT2D eigenvalue weighted by Crippen LogP contribution is 2.38. The van der Waals surface area contributed by atoms with Gasteiger partial charge in [0.15, 0.2) is 0 Å². The molecule has 3 rings (SSSR count). The Morgan fingerprint density at radius 2 is 2.22 bits per heavy atom. The SMILES string of the molecule is C#Cc1cncc(N2CCC3(CCCN3C)C2)c1. The zero-order valence-electron chi connectivity index (χ0n) is 10.9. The summed E-state index contributed by atoms with van der Waals surface area (Å²) in [7, 11) is 2.26. The number of hydrogen-bond donors (Lipinski definition) is 0. The molecule has 3 heterocycles. The first kappa shape index (κ1) is 11.6. The molecular weight excluding hydrogens is 222 g/mol. The van der Waals surface area contributed by atoms with Crippen LogP contribution in [0.5, 0.6) is 0 Å². The van der Waals surface area contributed by atoms with Crippen LogP contribution in [-0.2, 0) is 0 Å². The molecule has 94 valence electrons. The van der Waals surface area contributed by atoms with E-state index in [0.717, 1.165) is 18.7 Å². The number of rotatable bonds is 1. The number of pyridine rings is 1. The molecule has 1 aromatic heterocycles. The molecule has 2 aliphatic heterocycles. The van der Waals surface area contributed by atoms with Gasteiger partial charge in [-0.05, 0) is 38.9 Å². The third kappa shape index (κ3) is 1.77. The molecule has 1 aromatic rings. The Morgan fingerprint density at radius 3 is 2.94 bits per heavy atom. The third-order valence-electron chi connectivity index (χ3n) is 4.53. The minimum absolute atomic E-state index is 0.395. The lowest BCUT2D eigenvalue weighted by Gasteiger charge is -2.32. The lowest BCUT2D eigenvalue weighted by atomic mass is 9.96. The van der Waals surface area contributed by atoms with Crippen molar-refractivity contribution >= 4 is 5.69 Å². The predicted octanol–water partition coefficient (Wildman–Crippen LogP) is 1.74. The number of aromatic nitrogens is 1. The average molecular weight is 241 g/mol. The summed E-state index contributed by atoms with van der Waals surface area (Å²) < 4.78 is 0. The summed E-state index contributed by atoms with van der Waals surface area (Å²) in [5.41, 5.74) is 2.43. The molecular formula is C15H19N3. The number of anilines is 1. The fraction of sp³-hybridized carbons (Fsp3) is 0.533. The molecule has 0 radical (unpaired) electrons. The van der Waals surface area contributed by atoms with Gasteiger partial charge in [-0.15, -0.1) is 6.42 Å². The van der Waals surface area contributed by atoms with E-state index in [1.54, 1.807) is 6.20 Å². The van der Waals surface area contributed by atoms with E-state index in [4.69, 9.17) is 6.42 Å². The van der Waals surface area contributed by atoms with Crippen LogP contribution < -0.4 is 4.90 Å². The van der Waals surface area contributed by atoms with Crippen molar-refractivity contribution in [2.24, 2.45) is 0 Å². The first-order valence-corrected chi connectivity index (χ1v) is 6.61. The van der Waals surface area contributed by atoms with Crippen LogP contribution in [0, 0.1) is 12.3 Å². The van der Waals surface area contributed by atoms with Crippen LogP contribution in [0.15, 0.2) is 18.5 Å². The van der Waals surface area contributed by atoms with Gasteiger partial charge in [0.2, 0.25) is 0 Å². The molecule has 0 aromatic carbocycles. The summed E-state index contributed by atoms with van der Waals surface area (Å²) in [6.45, 7) is 3.45. The molecule has 0 bridgehead atoms. The second-order valence-corrected chi connectivity index (χ2v) is 5.50. The molecule has 1 unspecified atom stereocenters. The number of nitrogens with zero attached hydrogens (tertiary/aromatic N) is 3. The number of likely N-dealkylation sites (tertiary alicyclic amines) is 1. The van der Waals surface area contributed by atoms with Crippen molar-refractivity contribution in [1.82, 2.24) is 9.88 Å². The molecule has 2 fully saturated rings. The topological polar surface area (TPSA) is 19.4 Å². The van der Waals surface area contributed by atoms with E-state index in [-0.39, 0.29) is 0 Å². The zero-order chi connectivity index (χ0) is 12.6. The van der Waals surface area contributed by atoms with Crippen LogP contribution in [0.2, 0.25) is 0 Å². The van der Waals surface area contributed by atoms with Crippen molar-refractivity contribution in [2.75, 3.05) is 31.6 Å². The molecule has 18 heavy (non-hydrogen) atoms. The van der Waals surface area contributed by atoms with Crippen molar-refractivity contribution in [2.45, 2.75) is 24.8 Å². The van der Waals surface area contributed by atoms with Crippen molar-refractivity contribution < 1.29 is 0 Å². The highest BCUT2D eigenvalue weighted by molar-refractivity contribution is 5.51. The highest BCUT2D eigenvalue weighted by Gasteiger charge is 2.44. The Labute approximate surface area is 109 Å². The number of terminal acetylenes is 1. The molecule has 0 saturated carbocycles. The largest absolute Gasteiger partial charge is 0.368 e. The van der Waals surface area contributed by atoms with Crippen molar-refractivity contribution in [3.05, 3.63) is 24.0 Å². The molecule has 3 heteroatoms. The molecule has 3 nitrogen and oxygen atoms in total. The number of likely N-dealkylation sites (N-methyl/N-ethyl adjacent to an activating group) is 1. The standard InChI is InChI=1S/C15H19N3/c1-3-13-9-14(11-16-10-13)18-8-6-15(12-18)5-4-7-17(15)2/h1,9-11H,4-8,12H2,2H3. The maximum Gasteiger partial charge on any atom is 0.0565 e. The Morgan fingerprint density at radius 1 is 1.33 bits per heavy atom. The zero-order valence-corrected chi connectivity index (χ0v) is 10.9. The maximum absolute atomic E-state index is 5.44. The van der Waals surface area contributed by atoms with Gasteiger partial charge in [-0.25, -0.2) is 0 Å². The molecule has 1 spiro atoms. The highest BCUT2D eigenvalue weighted by atomic mass is 15.3. The van der Waals surface area contributed by atoms with Crippen molar-refractivity contribution in [3.8, 4) is 12.3 Å². The van der Waals surface area contributed by atoms with Gasteiger partial charge in [0.25, 0.3) is 0 Å². The Balaban J connectivity index is 1.81. The van der Waals surface area contributed by atoms with E-state index in [0.29, 0.717) is 5.54 Å². The summed E-state index contributed by atoms with van der Waals surface area (Å²) in [5.74, 6) is 2.66. The van der Waals surface area contributed by atoms with Crippen LogP contribution in [0.1, 0.15) is 24.8 Å². The van der Waals surface area contributed by atoms with E-state index in [1.807, 2.05) is 6.20 Å². The van der Waals surface area contributed by atoms with E-state index in [2.05, 4.69) is 33.8 Å². The summed E-state index contributed by atoms with van der Waals surface area (Å²) in [6.07, 6.45) is 13.0. The van der Waals surface area contributed by atoms with Crippen molar-refractivity contribution in [3.63, 3.8) is 0 Å². The van der Waals surface area contributed by atoms with E-state index < -0.39 is 0 Å². The Bertz CT molecular complexity index is 491. The molecule has 0 aliphatic carbocycles. The van der Waals surface area contributed by atoms with Crippen molar-refractivity contribution in [1.29, 1.82) is 0 Å².